The number of nitrogens with one attached hydrogen (secondary N) is 1. The maximum Gasteiger partial charge on any atom is 0.155 e. The molecule has 3 aromatic rings. The van der Waals surface area contributed by atoms with E-state index >= 15 is 0 Å². The smallest absolute Gasteiger partial charge is 0.155 e. The van der Waals surface area contributed by atoms with Crippen LogP contribution in [0.3, 0.4) is 0 Å². The number of nitrogens with zero attached hydrogens (tertiary/aromatic N) is 2. The minimum absolute atomic E-state index is 0. The summed E-state index contributed by atoms with van der Waals surface area (Å²) in [6, 6.07) is 18.9. The van der Waals surface area contributed by atoms with E-state index in [1.807, 2.05) is 12.1 Å². The molecule has 0 amide bonds. The summed E-state index contributed by atoms with van der Waals surface area (Å²) in [5, 5.41) is 8.83. The fourth-order valence-corrected chi connectivity index (χ4v) is 4.13. The van der Waals surface area contributed by atoms with E-state index in [-0.39, 0.29) is 12.4 Å². The van der Waals surface area contributed by atoms with E-state index in [0.29, 0.717) is 13.1 Å². The molecule has 0 spiro atoms. The second kappa shape index (κ2) is 9.15. The first kappa shape index (κ1) is 22.1. The minimum Gasteiger partial charge on any atom is -0.453 e. The molecule has 0 bridgehead atoms. The molecule has 0 radical (unpaired) electrons. The van der Waals surface area contributed by atoms with Crippen LogP contribution in [-0.2, 0) is 0 Å². The number of anilines is 1. The van der Waals surface area contributed by atoms with E-state index < -0.39 is 0 Å². The first-order valence-electron chi connectivity index (χ1n) is 10.8. The van der Waals surface area contributed by atoms with Crippen molar-refractivity contribution in [3.8, 4) is 11.5 Å². The van der Waals surface area contributed by atoms with Gasteiger partial charge in [0.1, 0.15) is 11.2 Å². The molecule has 0 saturated carbocycles. The molecule has 32 heavy (non-hydrogen) atoms. The number of nitrogens with two attached hydrogens (primary N) is 1. The van der Waals surface area contributed by atoms with Gasteiger partial charge in [0.2, 0.25) is 0 Å². The lowest BCUT2D eigenvalue weighted by Gasteiger charge is -2.14. The van der Waals surface area contributed by atoms with E-state index in [1.165, 1.54) is 10.8 Å². The van der Waals surface area contributed by atoms with Gasteiger partial charge in [-0.2, -0.15) is 0 Å². The number of hydrogen-bond acceptors (Lipinski definition) is 5. The van der Waals surface area contributed by atoms with Gasteiger partial charge >= 0.3 is 0 Å². The third-order valence-corrected chi connectivity index (χ3v) is 5.69. The Morgan fingerprint density at radius 2 is 1.78 bits per heavy atom. The SMILES string of the molecule is CCNc1cc2oc3cc(=NCCCN)c4cc5ccccc5cc4c-3nc2cc1C.Cl. The monoisotopic (exact) mass is 446 g/mol. The summed E-state index contributed by atoms with van der Waals surface area (Å²) in [5.74, 6) is 0.744. The third kappa shape index (κ3) is 3.90. The molecular weight excluding hydrogens is 420 g/mol. The van der Waals surface area contributed by atoms with E-state index in [0.717, 1.165) is 62.9 Å². The average molecular weight is 447 g/mol. The van der Waals surface area contributed by atoms with E-state index in [9.17, 15) is 0 Å². The molecule has 0 fully saturated rings. The van der Waals surface area contributed by atoms with E-state index in [2.05, 4.69) is 61.6 Å². The standard InChI is InChI=1S/C26H26N4O.ClH/c1-3-28-21-14-24-23(11-16(21)2)30-26-20-13-18-8-5-4-7-17(18)12-19(20)22(15-25(26)31-24)29-10-6-9-27;/h4-5,7-8,11-15,28H,3,6,9-10,27H2,1-2H3;1H. The molecule has 1 aliphatic heterocycles. The van der Waals surface area contributed by atoms with Crippen LogP contribution >= 0.6 is 12.4 Å². The lowest BCUT2D eigenvalue weighted by Crippen LogP contribution is -2.09. The predicted octanol–water partition coefficient (Wildman–Crippen LogP) is 5.65. The largest absolute Gasteiger partial charge is 0.453 e. The zero-order valence-corrected chi connectivity index (χ0v) is 19.1. The van der Waals surface area contributed by atoms with Crippen LogP contribution in [-0.4, -0.2) is 24.6 Å². The zero-order chi connectivity index (χ0) is 21.4. The molecule has 0 atom stereocenters. The summed E-state index contributed by atoms with van der Waals surface area (Å²) in [7, 11) is 0. The Kier molecular flexibility index (Phi) is 6.31. The summed E-state index contributed by atoms with van der Waals surface area (Å²) in [6.45, 7) is 6.35. The van der Waals surface area contributed by atoms with Crippen molar-refractivity contribution in [1.29, 1.82) is 0 Å². The Balaban J connectivity index is 0.00000245. The molecule has 164 valence electrons. The van der Waals surface area contributed by atoms with Crippen molar-refractivity contribution in [3.05, 3.63) is 65.5 Å². The molecule has 5 nitrogen and oxygen atoms in total. The highest BCUT2D eigenvalue weighted by molar-refractivity contribution is 6.04. The van der Waals surface area contributed by atoms with Gasteiger partial charge < -0.3 is 15.5 Å². The number of hydrogen-bond donors (Lipinski definition) is 2. The van der Waals surface area contributed by atoms with Gasteiger partial charge in [0.15, 0.2) is 11.3 Å². The second-order valence-electron chi connectivity index (χ2n) is 7.89. The molecule has 5 rings (SSSR count). The van der Waals surface area contributed by atoms with Gasteiger partial charge in [0.25, 0.3) is 0 Å². The lowest BCUT2D eigenvalue weighted by molar-refractivity contribution is 0.613. The van der Waals surface area contributed by atoms with Gasteiger partial charge in [0.05, 0.1) is 5.36 Å². The topological polar surface area (TPSA) is 76.4 Å². The van der Waals surface area contributed by atoms with Crippen LogP contribution in [0.4, 0.5) is 5.69 Å². The molecule has 0 unspecified atom stereocenters. The van der Waals surface area contributed by atoms with Crippen molar-refractivity contribution < 1.29 is 4.42 Å². The summed E-state index contributed by atoms with van der Waals surface area (Å²) in [5.41, 5.74) is 10.4. The maximum atomic E-state index is 6.37. The van der Waals surface area contributed by atoms with Gasteiger partial charge in [0, 0.05) is 41.7 Å². The Hall–Kier alpha value is -3.15. The molecule has 0 aromatic heterocycles. The fraction of sp³-hybridized carbons (Fsp3) is 0.231. The summed E-state index contributed by atoms with van der Waals surface area (Å²) < 4.78 is 6.37. The van der Waals surface area contributed by atoms with E-state index in [1.54, 1.807) is 0 Å². The molecule has 2 aliphatic rings. The van der Waals surface area contributed by atoms with Crippen molar-refractivity contribution in [3.63, 3.8) is 0 Å². The van der Waals surface area contributed by atoms with Crippen LogP contribution in [0.2, 0.25) is 0 Å². The highest BCUT2D eigenvalue weighted by atomic mass is 35.5. The Morgan fingerprint density at radius 1 is 1.03 bits per heavy atom. The van der Waals surface area contributed by atoms with Crippen molar-refractivity contribution in [1.82, 2.24) is 4.98 Å². The summed E-state index contributed by atoms with van der Waals surface area (Å²) in [6.07, 6.45) is 0.853. The Morgan fingerprint density at radius 3 is 2.50 bits per heavy atom. The van der Waals surface area contributed by atoms with Crippen molar-refractivity contribution in [2.75, 3.05) is 25.0 Å². The number of halogens is 1. The lowest BCUT2D eigenvalue weighted by atomic mass is 9.99. The summed E-state index contributed by atoms with van der Waals surface area (Å²) >= 11 is 0. The predicted molar refractivity (Wildman–Crippen MR) is 136 cm³/mol. The van der Waals surface area contributed by atoms with Gasteiger partial charge in [-0.3, -0.25) is 4.99 Å². The molecule has 3 aromatic carbocycles. The first-order chi connectivity index (χ1) is 15.2. The molecule has 1 aliphatic carbocycles. The Bertz CT molecular complexity index is 1460. The number of aromatic nitrogens is 1. The van der Waals surface area contributed by atoms with Gasteiger partial charge in [-0.15, -0.1) is 12.4 Å². The molecule has 1 heterocycles. The van der Waals surface area contributed by atoms with Crippen molar-refractivity contribution in [2.45, 2.75) is 20.3 Å². The Labute approximate surface area is 193 Å². The van der Waals surface area contributed by atoms with Gasteiger partial charge in [-0.05, 0) is 61.3 Å². The number of fused-ring (bicyclic) bond motifs is 5. The minimum atomic E-state index is 0. The molecular formula is C26H27ClN4O. The fourth-order valence-electron chi connectivity index (χ4n) is 4.13. The van der Waals surface area contributed by atoms with E-state index in [4.69, 9.17) is 20.1 Å². The third-order valence-electron chi connectivity index (χ3n) is 5.69. The number of benzene rings is 4. The van der Waals surface area contributed by atoms with Gasteiger partial charge in [-0.1, -0.05) is 24.3 Å². The molecule has 3 N–H and O–H groups in total. The van der Waals surface area contributed by atoms with Crippen LogP contribution in [0, 0.1) is 6.92 Å². The average Bonchev–Trinajstić information content (AvgIpc) is 2.78. The highest BCUT2D eigenvalue weighted by Gasteiger charge is 2.16. The molecule has 0 saturated heterocycles. The maximum absolute atomic E-state index is 6.37. The van der Waals surface area contributed by atoms with Crippen LogP contribution in [0.25, 0.3) is 44.1 Å². The second-order valence-corrected chi connectivity index (χ2v) is 7.89. The van der Waals surface area contributed by atoms with Crippen LogP contribution in [0.5, 0.6) is 0 Å². The van der Waals surface area contributed by atoms with Crippen LogP contribution in [0.1, 0.15) is 18.9 Å². The normalized spacial score (nSPS) is 12.0. The number of rotatable bonds is 5. The van der Waals surface area contributed by atoms with Gasteiger partial charge in [-0.25, -0.2) is 4.98 Å². The van der Waals surface area contributed by atoms with Crippen molar-refractivity contribution in [2.24, 2.45) is 10.7 Å². The van der Waals surface area contributed by atoms with Crippen LogP contribution in [0.15, 0.2) is 64.0 Å². The first-order valence-corrected chi connectivity index (χ1v) is 10.8. The quantitative estimate of drug-likeness (QED) is 0.208. The zero-order valence-electron chi connectivity index (χ0n) is 18.3. The number of aryl methyl sites for hydroxylation is 1. The highest BCUT2D eigenvalue weighted by Crippen LogP contribution is 2.34. The van der Waals surface area contributed by atoms with Crippen LogP contribution < -0.4 is 16.4 Å². The summed E-state index contributed by atoms with van der Waals surface area (Å²) in [4.78, 5) is 9.87. The van der Waals surface area contributed by atoms with Crippen molar-refractivity contribution >= 4 is 50.7 Å². The molecule has 6 heteroatoms.